The molecule has 3 N–H and O–H groups in total. The summed E-state index contributed by atoms with van der Waals surface area (Å²) in [5.74, 6) is 0.0626. The Hall–Kier alpha value is -1.79. The SMILES string of the molecule is Cc1ccc(NC(=O)c2cc(Cl)ccc2OCCOCCN)c(Cl)c1. The number of halogens is 2. The lowest BCUT2D eigenvalue weighted by molar-refractivity contribution is 0.0989. The molecule has 0 fully saturated rings. The van der Waals surface area contributed by atoms with Gasteiger partial charge in [-0.25, -0.2) is 0 Å². The topological polar surface area (TPSA) is 73.6 Å². The third-order valence-corrected chi connectivity index (χ3v) is 3.85. The summed E-state index contributed by atoms with van der Waals surface area (Å²) in [6.07, 6.45) is 0. The van der Waals surface area contributed by atoms with Gasteiger partial charge in [-0.3, -0.25) is 4.79 Å². The number of rotatable bonds is 8. The fourth-order valence-corrected chi connectivity index (χ4v) is 2.57. The molecule has 7 heteroatoms. The van der Waals surface area contributed by atoms with E-state index in [0.29, 0.717) is 53.4 Å². The second-order valence-corrected chi connectivity index (χ2v) is 6.17. The predicted molar refractivity (Wildman–Crippen MR) is 101 cm³/mol. The molecule has 0 heterocycles. The molecule has 1 amide bonds. The molecule has 2 rings (SSSR count). The molecule has 0 spiro atoms. The van der Waals surface area contributed by atoms with Gasteiger partial charge in [0.1, 0.15) is 12.4 Å². The normalized spacial score (nSPS) is 10.6. The minimum Gasteiger partial charge on any atom is -0.490 e. The van der Waals surface area contributed by atoms with Gasteiger partial charge in [0.2, 0.25) is 0 Å². The highest BCUT2D eigenvalue weighted by Crippen LogP contribution is 2.27. The summed E-state index contributed by atoms with van der Waals surface area (Å²) in [7, 11) is 0. The first-order chi connectivity index (χ1) is 12.0. The first-order valence-corrected chi connectivity index (χ1v) is 8.54. The summed E-state index contributed by atoms with van der Waals surface area (Å²) in [6.45, 7) is 3.51. The summed E-state index contributed by atoms with van der Waals surface area (Å²) in [4.78, 5) is 12.6. The fraction of sp³-hybridized carbons (Fsp3) is 0.278. The van der Waals surface area contributed by atoms with Crippen LogP contribution in [0.5, 0.6) is 5.75 Å². The van der Waals surface area contributed by atoms with Crippen molar-refractivity contribution in [3.8, 4) is 5.75 Å². The summed E-state index contributed by atoms with van der Waals surface area (Å²) < 4.78 is 10.9. The van der Waals surface area contributed by atoms with E-state index in [4.69, 9.17) is 38.4 Å². The minimum absolute atomic E-state index is 0.299. The molecule has 0 radical (unpaired) electrons. The maximum absolute atomic E-state index is 12.6. The van der Waals surface area contributed by atoms with Crippen LogP contribution in [0.25, 0.3) is 0 Å². The molecule has 134 valence electrons. The average molecular weight is 383 g/mol. The van der Waals surface area contributed by atoms with Gasteiger partial charge >= 0.3 is 0 Å². The summed E-state index contributed by atoms with van der Waals surface area (Å²) in [6, 6.07) is 10.3. The zero-order chi connectivity index (χ0) is 18.2. The van der Waals surface area contributed by atoms with Gasteiger partial charge in [-0.1, -0.05) is 29.3 Å². The largest absolute Gasteiger partial charge is 0.490 e. The third-order valence-electron chi connectivity index (χ3n) is 3.31. The number of nitrogens with one attached hydrogen (secondary N) is 1. The second-order valence-electron chi connectivity index (χ2n) is 5.33. The predicted octanol–water partition coefficient (Wildman–Crippen LogP) is 3.91. The van der Waals surface area contributed by atoms with Crippen molar-refractivity contribution in [3.05, 3.63) is 57.6 Å². The lowest BCUT2D eigenvalue weighted by Crippen LogP contribution is -2.16. The molecule has 0 aliphatic carbocycles. The smallest absolute Gasteiger partial charge is 0.259 e. The molecule has 5 nitrogen and oxygen atoms in total. The van der Waals surface area contributed by atoms with Crippen LogP contribution in [-0.2, 0) is 4.74 Å². The van der Waals surface area contributed by atoms with Crippen molar-refractivity contribution in [2.24, 2.45) is 5.73 Å². The minimum atomic E-state index is -0.355. The molecule has 0 aromatic heterocycles. The zero-order valence-electron chi connectivity index (χ0n) is 13.9. The van der Waals surface area contributed by atoms with Crippen LogP contribution in [0, 0.1) is 6.92 Å². The Bertz CT molecular complexity index is 738. The first kappa shape index (κ1) is 19.5. The summed E-state index contributed by atoms with van der Waals surface area (Å²) in [5, 5.41) is 3.68. The lowest BCUT2D eigenvalue weighted by atomic mass is 10.1. The Morgan fingerprint density at radius 1 is 1.12 bits per heavy atom. The molecule has 0 saturated carbocycles. The number of aryl methyl sites for hydroxylation is 1. The highest BCUT2D eigenvalue weighted by molar-refractivity contribution is 6.34. The van der Waals surface area contributed by atoms with E-state index in [-0.39, 0.29) is 5.91 Å². The fourth-order valence-electron chi connectivity index (χ4n) is 2.11. The molecule has 0 unspecified atom stereocenters. The lowest BCUT2D eigenvalue weighted by Gasteiger charge is -2.13. The van der Waals surface area contributed by atoms with Crippen molar-refractivity contribution < 1.29 is 14.3 Å². The molecular weight excluding hydrogens is 363 g/mol. The highest BCUT2D eigenvalue weighted by Gasteiger charge is 2.15. The van der Waals surface area contributed by atoms with Gasteiger partial charge in [0, 0.05) is 11.6 Å². The van der Waals surface area contributed by atoms with E-state index in [1.165, 1.54) is 0 Å². The number of hydrogen-bond acceptors (Lipinski definition) is 4. The standard InChI is InChI=1S/C18H20Cl2N2O3/c1-12-2-4-16(15(20)10-12)22-18(23)14-11-13(19)3-5-17(14)25-9-8-24-7-6-21/h2-5,10-11H,6-9,21H2,1H3,(H,22,23). The van der Waals surface area contributed by atoms with E-state index in [1.54, 1.807) is 30.3 Å². The number of anilines is 1. The summed E-state index contributed by atoms with van der Waals surface area (Å²) >= 11 is 12.2. The van der Waals surface area contributed by atoms with Gasteiger partial charge in [0.25, 0.3) is 5.91 Å². The van der Waals surface area contributed by atoms with E-state index in [9.17, 15) is 4.79 Å². The number of ether oxygens (including phenoxy) is 2. The van der Waals surface area contributed by atoms with Gasteiger partial charge in [-0.2, -0.15) is 0 Å². The Kier molecular flexibility index (Phi) is 7.52. The summed E-state index contributed by atoms with van der Waals surface area (Å²) in [5.41, 5.74) is 7.20. The Morgan fingerprint density at radius 3 is 2.64 bits per heavy atom. The van der Waals surface area contributed by atoms with Crippen LogP contribution in [-0.4, -0.2) is 32.3 Å². The van der Waals surface area contributed by atoms with Gasteiger partial charge in [0.15, 0.2) is 0 Å². The molecule has 0 aliphatic heterocycles. The first-order valence-electron chi connectivity index (χ1n) is 7.79. The van der Waals surface area contributed by atoms with Crippen molar-refractivity contribution >= 4 is 34.8 Å². The van der Waals surface area contributed by atoms with E-state index in [1.807, 2.05) is 13.0 Å². The van der Waals surface area contributed by atoms with E-state index >= 15 is 0 Å². The molecule has 0 saturated heterocycles. The van der Waals surface area contributed by atoms with Crippen LogP contribution in [0.2, 0.25) is 10.0 Å². The molecule has 0 aliphatic rings. The van der Waals surface area contributed by atoms with E-state index in [0.717, 1.165) is 5.56 Å². The van der Waals surface area contributed by atoms with Gasteiger partial charge in [0.05, 0.1) is 29.5 Å². The number of carbonyl (C=O) groups is 1. The second kappa shape index (κ2) is 9.63. The number of benzene rings is 2. The molecule has 0 bridgehead atoms. The van der Waals surface area contributed by atoms with Crippen molar-refractivity contribution in [2.75, 3.05) is 31.7 Å². The quantitative estimate of drug-likeness (QED) is 0.678. The number of carbonyl (C=O) groups excluding carboxylic acids is 1. The monoisotopic (exact) mass is 382 g/mol. The van der Waals surface area contributed by atoms with E-state index < -0.39 is 0 Å². The Morgan fingerprint density at radius 2 is 1.92 bits per heavy atom. The van der Waals surface area contributed by atoms with Crippen LogP contribution in [0.1, 0.15) is 15.9 Å². The number of hydrogen-bond donors (Lipinski definition) is 2. The van der Waals surface area contributed by atoms with Crippen LogP contribution in [0.3, 0.4) is 0 Å². The molecule has 2 aromatic carbocycles. The number of nitrogens with two attached hydrogens (primary N) is 1. The van der Waals surface area contributed by atoms with Gasteiger partial charge in [-0.15, -0.1) is 0 Å². The van der Waals surface area contributed by atoms with Crippen molar-refractivity contribution in [3.63, 3.8) is 0 Å². The maximum atomic E-state index is 12.6. The van der Waals surface area contributed by atoms with Gasteiger partial charge in [-0.05, 0) is 42.8 Å². The van der Waals surface area contributed by atoms with Crippen molar-refractivity contribution in [1.82, 2.24) is 0 Å². The van der Waals surface area contributed by atoms with E-state index in [2.05, 4.69) is 5.32 Å². The molecule has 25 heavy (non-hydrogen) atoms. The zero-order valence-corrected chi connectivity index (χ0v) is 15.4. The molecule has 2 aromatic rings. The Balaban J connectivity index is 2.10. The van der Waals surface area contributed by atoms with Crippen LogP contribution < -0.4 is 15.8 Å². The van der Waals surface area contributed by atoms with Crippen molar-refractivity contribution in [2.45, 2.75) is 6.92 Å². The highest BCUT2D eigenvalue weighted by atomic mass is 35.5. The van der Waals surface area contributed by atoms with Crippen molar-refractivity contribution in [1.29, 1.82) is 0 Å². The number of amides is 1. The third kappa shape index (κ3) is 5.90. The average Bonchev–Trinajstić information content (AvgIpc) is 2.58. The molecule has 0 atom stereocenters. The van der Waals surface area contributed by atoms with Crippen LogP contribution >= 0.6 is 23.2 Å². The van der Waals surface area contributed by atoms with Crippen LogP contribution in [0.4, 0.5) is 5.69 Å². The Labute approximate surface area is 157 Å². The maximum Gasteiger partial charge on any atom is 0.259 e. The van der Waals surface area contributed by atoms with Gasteiger partial charge < -0.3 is 20.5 Å². The van der Waals surface area contributed by atoms with Crippen LogP contribution in [0.15, 0.2) is 36.4 Å². The molecular formula is C18H20Cl2N2O3.